The minimum Gasteiger partial charge on any atom is -0.497 e. The van der Waals surface area contributed by atoms with Crippen molar-refractivity contribution in [2.45, 2.75) is 4.90 Å². The summed E-state index contributed by atoms with van der Waals surface area (Å²) in [5.74, 6) is 0.888. The molecule has 0 radical (unpaired) electrons. The van der Waals surface area contributed by atoms with Gasteiger partial charge in [0.15, 0.2) is 5.75 Å². The highest BCUT2D eigenvalue weighted by Crippen LogP contribution is 2.36. The molecule has 9 heteroatoms. The summed E-state index contributed by atoms with van der Waals surface area (Å²) in [6, 6.07) is 16.5. The molecule has 0 aromatic heterocycles. The van der Waals surface area contributed by atoms with Gasteiger partial charge >= 0.3 is 10.1 Å². The van der Waals surface area contributed by atoms with E-state index in [1.807, 2.05) is 24.3 Å². The standard InChI is InChI=1S/C20H14Br2ClNO4S/c1-27-16-6-4-15(5-7-16)24-12-13-10-18(21)20(19(22)11-13)28-29(25,26)17-8-2-14(23)3-9-17/h2-12H,1H3. The van der Waals surface area contributed by atoms with Gasteiger partial charge in [-0.15, -0.1) is 0 Å². The van der Waals surface area contributed by atoms with Crippen molar-refractivity contribution in [2.75, 3.05) is 7.11 Å². The Morgan fingerprint density at radius 3 is 2.10 bits per heavy atom. The molecule has 0 aliphatic heterocycles. The smallest absolute Gasteiger partial charge is 0.339 e. The van der Waals surface area contributed by atoms with Crippen molar-refractivity contribution in [3.63, 3.8) is 0 Å². The van der Waals surface area contributed by atoms with E-state index in [0.29, 0.717) is 14.0 Å². The van der Waals surface area contributed by atoms with E-state index < -0.39 is 10.1 Å². The lowest BCUT2D eigenvalue weighted by molar-refractivity contribution is 0.415. The van der Waals surface area contributed by atoms with Gasteiger partial charge in [0.2, 0.25) is 0 Å². The molecule has 0 spiro atoms. The molecule has 3 rings (SSSR count). The topological polar surface area (TPSA) is 65.0 Å². The first-order chi connectivity index (χ1) is 13.8. The first-order valence-electron chi connectivity index (χ1n) is 8.16. The lowest BCUT2D eigenvalue weighted by atomic mass is 10.2. The van der Waals surface area contributed by atoms with Crippen molar-refractivity contribution < 1.29 is 17.3 Å². The Balaban J connectivity index is 1.83. The molecule has 0 aliphatic rings. The van der Waals surface area contributed by atoms with Crippen molar-refractivity contribution in [3.8, 4) is 11.5 Å². The molecule has 0 saturated carbocycles. The summed E-state index contributed by atoms with van der Waals surface area (Å²) < 4.78 is 36.4. The molecule has 0 saturated heterocycles. The Hall–Kier alpha value is -1.87. The minimum atomic E-state index is -4.01. The molecule has 0 heterocycles. The molecule has 0 aliphatic carbocycles. The summed E-state index contributed by atoms with van der Waals surface area (Å²) in [7, 11) is -2.41. The van der Waals surface area contributed by atoms with Crippen LogP contribution in [0.5, 0.6) is 11.5 Å². The second-order valence-corrected chi connectivity index (χ2v) is 9.45. The predicted molar refractivity (Wildman–Crippen MR) is 121 cm³/mol. The predicted octanol–water partition coefficient (Wildman–Crippen LogP) is 6.39. The van der Waals surface area contributed by atoms with E-state index in [-0.39, 0.29) is 10.6 Å². The second kappa shape index (κ2) is 9.30. The average Bonchev–Trinajstić information content (AvgIpc) is 2.70. The van der Waals surface area contributed by atoms with Gasteiger partial charge in [0, 0.05) is 11.2 Å². The fraction of sp³-hybridized carbons (Fsp3) is 0.0500. The lowest BCUT2D eigenvalue weighted by Gasteiger charge is -2.11. The average molecular weight is 560 g/mol. The van der Waals surface area contributed by atoms with Gasteiger partial charge < -0.3 is 8.92 Å². The molecular weight excluding hydrogens is 546 g/mol. The first-order valence-corrected chi connectivity index (χ1v) is 11.5. The number of benzene rings is 3. The van der Waals surface area contributed by atoms with Gasteiger partial charge in [0.25, 0.3) is 0 Å². The molecule has 0 N–H and O–H groups in total. The van der Waals surface area contributed by atoms with Gasteiger partial charge in [0.1, 0.15) is 10.6 Å². The van der Waals surface area contributed by atoms with E-state index in [9.17, 15) is 8.42 Å². The molecule has 3 aromatic carbocycles. The van der Waals surface area contributed by atoms with Crippen LogP contribution in [0.4, 0.5) is 5.69 Å². The lowest BCUT2D eigenvalue weighted by Crippen LogP contribution is -2.10. The molecule has 0 unspecified atom stereocenters. The fourth-order valence-corrected chi connectivity index (χ4v) is 5.00. The minimum absolute atomic E-state index is 0.00541. The number of halogens is 3. The maximum absolute atomic E-state index is 12.5. The zero-order valence-electron chi connectivity index (χ0n) is 15.0. The van der Waals surface area contributed by atoms with Crippen LogP contribution in [0.25, 0.3) is 0 Å². The highest BCUT2D eigenvalue weighted by Gasteiger charge is 2.20. The number of rotatable bonds is 6. The summed E-state index contributed by atoms with van der Waals surface area (Å²) >= 11 is 12.5. The van der Waals surface area contributed by atoms with Crippen LogP contribution in [0.3, 0.4) is 0 Å². The van der Waals surface area contributed by atoms with Gasteiger partial charge in [-0.2, -0.15) is 8.42 Å². The van der Waals surface area contributed by atoms with Crippen LogP contribution in [0.15, 0.2) is 79.5 Å². The van der Waals surface area contributed by atoms with Crippen LogP contribution in [0.2, 0.25) is 5.02 Å². The largest absolute Gasteiger partial charge is 0.497 e. The molecule has 0 fully saturated rings. The first kappa shape index (κ1) is 21.8. The Labute approximate surface area is 190 Å². The van der Waals surface area contributed by atoms with Crippen LogP contribution in [-0.4, -0.2) is 21.7 Å². The third-order valence-electron chi connectivity index (χ3n) is 3.75. The number of hydrogen-bond acceptors (Lipinski definition) is 5. The number of nitrogens with zero attached hydrogens (tertiary/aromatic N) is 1. The molecule has 150 valence electrons. The van der Waals surface area contributed by atoms with E-state index in [2.05, 4.69) is 36.9 Å². The second-order valence-electron chi connectivity index (χ2n) is 5.76. The molecule has 3 aromatic rings. The van der Waals surface area contributed by atoms with Gasteiger partial charge in [-0.1, -0.05) is 11.6 Å². The van der Waals surface area contributed by atoms with Crippen molar-refractivity contribution >= 4 is 65.5 Å². The highest BCUT2D eigenvalue weighted by molar-refractivity contribution is 9.11. The van der Waals surface area contributed by atoms with E-state index in [1.54, 1.807) is 25.5 Å². The molecule has 0 atom stereocenters. The molecular formula is C20H14Br2ClNO4S. The van der Waals surface area contributed by atoms with Gasteiger partial charge in [-0.25, -0.2) is 0 Å². The maximum atomic E-state index is 12.5. The maximum Gasteiger partial charge on any atom is 0.339 e. The van der Waals surface area contributed by atoms with Crippen molar-refractivity contribution in [3.05, 3.63) is 80.2 Å². The van der Waals surface area contributed by atoms with Gasteiger partial charge in [0.05, 0.1) is 21.7 Å². The van der Waals surface area contributed by atoms with Crippen LogP contribution >= 0.6 is 43.5 Å². The fourth-order valence-electron chi connectivity index (χ4n) is 2.31. The van der Waals surface area contributed by atoms with Crippen molar-refractivity contribution in [1.82, 2.24) is 0 Å². The Morgan fingerprint density at radius 2 is 1.55 bits per heavy atom. The highest BCUT2D eigenvalue weighted by atomic mass is 79.9. The summed E-state index contributed by atoms with van der Waals surface area (Å²) in [5.41, 5.74) is 1.50. The summed E-state index contributed by atoms with van der Waals surface area (Å²) in [6.07, 6.45) is 1.66. The summed E-state index contributed by atoms with van der Waals surface area (Å²) in [5, 5.41) is 0.437. The number of hydrogen-bond donors (Lipinski definition) is 0. The quantitative estimate of drug-likeness (QED) is 0.259. The summed E-state index contributed by atoms with van der Waals surface area (Å²) in [6.45, 7) is 0. The third-order valence-corrected chi connectivity index (χ3v) is 6.42. The SMILES string of the molecule is COc1ccc(N=Cc2cc(Br)c(OS(=O)(=O)c3ccc(Cl)cc3)c(Br)c2)cc1. The zero-order valence-corrected chi connectivity index (χ0v) is 19.7. The monoisotopic (exact) mass is 557 g/mol. The van der Waals surface area contributed by atoms with Gasteiger partial charge in [-0.05, 0) is 98.1 Å². The van der Waals surface area contributed by atoms with Crippen LogP contribution < -0.4 is 8.92 Å². The third kappa shape index (κ3) is 5.60. The normalized spacial score (nSPS) is 11.6. The van der Waals surface area contributed by atoms with E-state index in [4.69, 9.17) is 20.5 Å². The van der Waals surface area contributed by atoms with Crippen LogP contribution in [-0.2, 0) is 10.1 Å². The molecule has 0 amide bonds. The van der Waals surface area contributed by atoms with E-state index >= 15 is 0 Å². The van der Waals surface area contributed by atoms with Crippen LogP contribution in [0, 0.1) is 0 Å². The van der Waals surface area contributed by atoms with Gasteiger partial charge in [-0.3, -0.25) is 4.99 Å². The van der Waals surface area contributed by atoms with Crippen molar-refractivity contribution in [1.29, 1.82) is 0 Å². The molecule has 0 bridgehead atoms. The zero-order chi connectivity index (χ0) is 21.0. The van der Waals surface area contributed by atoms with Crippen molar-refractivity contribution in [2.24, 2.45) is 4.99 Å². The van der Waals surface area contributed by atoms with Crippen LogP contribution in [0.1, 0.15) is 5.56 Å². The van der Waals surface area contributed by atoms with E-state index in [1.165, 1.54) is 24.3 Å². The molecule has 5 nitrogen and oxygen atoms in total. The molecule has 29 heavy (non-hydrogen) atoms. The summed E-state index contributed by atoms with van der Waals surface area (Å²) in [4.78, 5) is 4.41. The number of methoxy groups -OCH3 is 1. The Kier molecular flexibility index (Phi) is 7.00. The number of aliphatic imine (C=N–C) groups is 1. The Morgan fingerprint density at radius 1 is 0.966 bits per heavy atom. The van der Waals surface area contributed by atoms with E-state index in [0.717, 1.165) is 17.0 Å². The number of ether oxygens (including phenoxy) is 1. The Bertz CT molecular complexity index is 1130.